The molecule has 7 nitrogen and oxygen atoms in total. The molecule has 0 aliphatic carbocycles. The summed E-state index contributed by atoms with van der Waals surface area (Å²) >= 11 is 0. The highest BCUT2D eigenvalue weighted by atomic mass is 16.6. The maximum absolute atomic E-state index is 10.7. The maximum atomic E-state index is 10.7. The van der Waals surface area contributed by atoms with Gasteiger partial charge < -0.3 is 10.4 Å². The summed E-state index contributed by atoms with van der Waals surface area (Å²) in [7, 11) is 1.61. The van der Waals surface area contributed by atoms with Crippen molar-refractivity contribution in [2.24, 2.45) is 7.05 Å². The van der Waals surface area contributed by atoms with Crippen LogP contribution in [0.1, 0.15) is 26.7 Å². The lowest BCUT2D eigenvalue weighted by molar-refractivity contribution is -0.384. The fourth-order valence-electron chi connectivity index (χ4n) is 1.64. The molecule has 0 spiro atoms. The van der Waals surface area contributed by atoms with Gasteiger partial charge in [0.2, 0.25) is 5.82 Å². The van der Waals surface area contributed by atoms with Crippen molar-refractivity contribution in [3.05, 3.63) is 16.3 Å². The number of aromatic nitrogens is 2. The van der Waals surface area contributed by atoms with Crippen LogP contribution in [0.3, 0.4) is 0 Å². The summed E-state index contributed by atoms with van der Waals surface area (Å²) in [4.78, 5) is 10.2. The minimum Gasteiger partial charge on any atom is -0.388 e. The second-order valence-electron chi connectivity index (χ2n) is 4.39. The summed E-state index contributed by atoms with van der Waals surface area (Å²) in [5.74, 6) is 0.189. The molecule has 0 fully saturated rings. The molecule has 0 bridgehead atoms. The molecule has 96 valence electrons. The van der Waals surface area contributed by atoms with Crippen molar-refractivity contribution in [2.45, 2.75) is 32.3 Å². The molecule has 1 aromatic heterocycles. The zero-order valence-corrected chi connectivity index (χ0v) is 10.3. The van der Waals surface area contributed by atoms with E-state index in [1.165, 1.54) is 10.9 Å². The molecule has 0 aromatic carbocycles. The topological polar surface area (TPSA) is 93.2 Å². The average Bonchev–Trinajstić information content (AvgIpc) is 2.57. The van der Waals surface area contributed by atoms with Gasteiger partial charge in [0.05, 0.1) is 10.5 Å². The lowest BCUT2D eigenvalue weighted by Gasteiger charge is -2.22. The molecule has 1 heterocycles. The number of hydrogen-bond donors (Lipinski definition) is 2. The van der Waals surface area contributed by atoms with Crippen molar-refractivity contribution in [1.29, 1.82) is 0 Å². The van der Waals surface area contributed by atoms with E-state index >= 15 is 0 Å². The molecule has 7 heteroatoms. The zero-order valence-electron chi connectivity index (χ0n) is 10.3. The summed E-state index contributed by atoms with van der Waals surface area (Å²) < 4.78 is 1.37. The second-order valence-corrected chi connectivity index (χ2v) is 4.39. The van der Waals surface area contributed by atoms with Gasteiger partial charge in [0.1, 0.15) is 6.20 Å². The monoisotopic (exact) mass is 242 g/mol. The number of rotatable bonds is 6. The summed E-state index contributed by atoms with van der Waals surface area (Å²) in [5, 5.41) is 27.4. The Balaban J connectivity index is 2.72. The predicted octanol–water partition coefficient (Wildman–Crippen LogP) is 1.29. The van der Waals surface area contributed by atoms with Gasteiger partial charge in [-0.15, -0.1) is 5.10 Å². The third kappa shape index (κ3) is 3.70. The number of nitrogens with one attached hydrogen (secondary N) is 1. The average molecular weight is 242 g/mol. The Kier molecular flexibility index (Phi) is 4.06. The van der Waals surface area contributed by atoms with Crippen LogP contribution in [0.25, 0.3) is 0 Å². The number of anilines is 1. The highest BCUT2D eigenvalue weighted by molar-refractivity contribution is 5.54. The molecule has 0 saturated heterocycles. The Morgan fingerprint density at radius 3 is 2.88 bits per heavy atom. The van der Waals surface area contributed by atoms with Crippen LogP contribution in [-0.2, 0) is 7.05 Å². The summed E-state index contributed by atoms with van der Waals surface area (Å²) in [6.45, 7) is 3.90. The summed E-state index contributed by atoms with van der Waals surface area (Å²) in [6, 6.07) is 0. The van der Waals surface area contributed by atoms with Crippen LogP contribution in [-0.4, -0.2) is 32.0 Å². The first-order chi connectivity index (χ1) is 7.85. The van der Waals surface area contributed by atoms with Crippen molar-refractivity contribution in [2.75, 3.05) is 11.9 Å². The van der Waals surface area contributed by atoms with Gasteiger partial charge in [-0.2, -0.15) is 0 Å². The van der Waals surface area contributed by atoms with Crippen molar-refractivity contribution in [3.8, 4) is 0 Å². The lowest BCUT2D eigenvalue weighted by atomic mass is 10.0. The van der Waals surface area contributed by atoms with Gasteiger partial charge >= 0.3 is 5.69 Å². The SMILES string of the molecule is CCCC(C)(O)CNc1nn(C)cc1[N+](=O)[O-]. The van der Waals surface area contributed by atoms with E-state index in [0.717, 1.165) is 6.42 Å². The highest BCUT2D eigenvalue weighted by Crippen LogP contribution is 2.22. The highest BCUT2D eigenvalue weighted by Gasteiger charge is 2.23. The van der Waals surface area contributed by atoms with E-state index in [4.69, 9.17) is 0 Å². The van der Waals surface area contributed by atoms with Gasteiger partial charge in [0, 0.05) is 13.6 Å². The van der Waals surface area contributed by atoms with Gasteiger partial charge in [0.25, 0.3) is 0 Å². The van der Waals surface area contributed by atoms with Crippen LogP contribution in [0, 0.1) is 10.1 Å². The molecule has 0 radical (unpaired) electrons. The van der Waals surface area contributed by atoms with Crippen molar-refractivity contribution >= 4 is 11.5 Å². The molecule has 1 aromatic rings. The van der Waals surface area contributed by atoms with Gasteiger partial charge in [-0.25, -0.2) is 0 Å². The van der Waals surface area contributed by atoms with E-state index in [0.29, 0.717) is 6.42 Å². The van der Waals surface area contributed by atoms with E-state index < -0.39 is 10.5 Å². The molecule has 1 unspecified atom stereocenters. The van der Waals surface area contributed by atoms with Crippen LogP contribution in [0.15, 0.2) is 6.20 Å². The van der Waals surface area contributed by atoms with E-state index in [2.05, 4.69) is 10.4 Å². The van der Waals surface area contributed by atoms with Crippen LogP contribution in [0.4, 0.5) is 11.5 Å². The molecule has 2 N–H and O–H groups in total. The lowest BCUT2D eigenvalue weighted by Crippen LogP contribution is -2.33. The van der Waals surface area contributed by atoms with Crippen LogP contribution in [0.5, 0.6) is 0 Å². The van der Waals surface area contributed by atoms with Gasteiger partial charge in [-0.3, -0.25) is 14.8 Å². The van der Waals surface area contributed by atoms with Crippen molar-refractivity contribution < 1.29 is 10.0 Å². The minimum atomic E-state index is -0.889. The molecule has 0 saturated carbocycles. The first-order valence-electron chi connectivity index (χ1n) is 5.50. The molecule has 17 heavy (non-hydrogen) atoms. The van der Waals surface area contributed by atoms with Gasteiger partial charge in [0.15, 0.2) is 0 Å². The Labute approximate surface area is 99.6 Å². The first kappa shape index (κ1) is 13.4. The Bertz CT molecular complexity index is 400. The van der Waals surface area contributed by atoms with E-state index in [1.807, 2.05) is 6.92 Å². The fourth-order valence-corrected chi connectivity index (χ4v) is 1.64. The number of nitro groups is 1. The standard InChI is InChI=1S/C10H18N4O3/c1-4-5-10(2,15)7-11-9-8(14(16)17)6-13(3)12-9/h6,15H,4-5,7H2,1-3H3,(H,11,12). The molecule has 0 aliphatic heterocycles. The number of aliphatic hydroxyl groups is 1. The Morgan fingerprint density at radius 1 is 1.71 bits per heavy atom. The van der Waals surface area contributed by atoms with E-state index in [-0.39, 0.29) is 18.1 Å². The Hall–Kier alpha value is -1.63. The van der Waals surface area contributed by atoms with E-state index in [9.17, 15) is 15.2 Å². The molecule has 1 atom stereocenters. The quantitative estimate of drug-likeness (QED) is 0.579. The van der Waals surface area contributed by atoms with Crippen LogP contribution in [0.2, 0.25) is 0 Å². The predicted molar refractivity (Wildman–Crippen MR) is 63.9 cm³/mol. The molecule has 0 amide bonds. The number of hydrogen-bond acceptors (Lipinski definition) is 5. The third-order valence-electron chi connectivity index (χ3n) is 2.43. The maximum Gasteiger partial charge on any atom is 0.330 e. The third-order valence-corrected chi connectivity index (χ3v) is 2.43. The summed E-state index contributed by atoms with van der Waals surface area (Å²) in [6.07, 6.45) is 2.80. The fraction of sp³-hybridized carbons (Fsp3) is 0.700. The van der Waals surface area contributed by atoms with Crippen LogP contribution < -0.4 is 5.32 Å². The van der Waals surface area contributed by atoms with Crippen LogP contribution >= 0.6 is 0 Å². The second kappa shape index (κ2) is 5.13. The molecule has 0 aliphatic rings. The molecule has 1 rings (SSSR count). The molecular weight excluding hydrogens is 224 g/mol. The number of nitrogens with zero attached hydrogens (tertiary/aromatic N) is 3. The first-order valence-corrected chi connectivity index (χ1v) is 5.50. The largest absolute Gasteiger partial charge is 0.388 e. The number of aryl methyl sites for hydroxylation is 1. The van der Waals surface area contributed by atoms with Gasteiger partial charge in [-0.05, 0) is 13.3 Å². The smallest absolute Gasteiger partial charge is 0.330 e. The van der Waals surface area contributed by atoms with Crippen molar-refractivity contribution in [3.63, 3.8) is 0 Å². The minimum absolute atomic E-state index is 0.0835. The van der Waals surface area contributed by atoms with E-state index in [1.54, 1.807) is 14.0 Å². The van der Waals surface area contributed by atoms with Crippen molar-refractivity contribution in [1.82, 2.24) is 9.78 Å². The van der Waals surface area contributed by atoms with Gasteiger partial charge in [-0.1, -0.05) is 13.3 Å². The summed E-state index contributed by atoms with van der Waals surface area (Å²) in [5.41, 5.74) is -0.972. The normalized spacial score (nSPS) is 14.4. The molecular formula is C10H18N4O3. The zero-order chi connectivity index (χ0) is 13.1. The Morgan fingerprint density at radius 2 is 2.35 bits per heavy atom.